The van der Waals surface area contributed by atoms with Crippen LogP contribution in [-0.2, 0) is 12.7 Å². The fourth-order valence-corrected chi connectivity index (χ4v) is 3.64. The van der Waals surface area contributed by atoms with Gasteiger partial charge in [0, 0.05) is 23.5 Å². The van der Waals surface area contributed by atoms with Gasteiger partial charge in [-0.05, 0) is 12.1 Å². The normalized spacial score (nSPS) is 11.6. The average Bonchev–Trinajstić information content (AvgIpc) is 3.42. The van der Waals surface area contributed by atoms with E-state index in [0.29, 0.717) is 5.69 Å². The predicted molar refractivity (Wildman–Crippen MR) is 113 cm³/mol. The number of benzene rings is 1. The second-order valence-corrected chi connectivity index (χ2v) is 7.28. The summed E-state index contributed by atoms with van der Waals surface area (Å²) in [5, 5.41) is 18.2. The van der Waals surface area contributed by atoms with Gasteiger partial charge in [-0.2, -0.15) is 18.4 Å². The van der Waals surface area contributed by atoms with Crippen molar-refractivity contribution >= 4 is 16.9 Å². The summed E-state index contributed by atoms with van der Waals surface area (Å²) < 4.78 is 55.6. The highest BCUT2D eigenvalue weighted by atomic mass is 19.4. The molecule has 5 rings (SSSR count). The molecule has 1 aromatic carbocycles. The number of nitrogens with zero attached hydrogens (tertiary/aromatic N) is 9. The van der Waals surface area contributed by atoms with Gasteiger partial charge < -0.3 is 10.3 Å². The summed E-state index contributed by atoms with van der Waals surface area (Å²) >= 11 is 0. The Kier molecular flexibility index (Phi) is 5.09. The van der Waals surface area contributed by atoms with Crippen LogP contribution in [0.4, 0.5) is 23.4 Å². The largest absolute Gasteiger partial charge is 0.451 e. The SMILES string of the molecule is N#Cc1c(-c2cnc(C(F)(F)F)nc2)c2c(N)ncnc2n1Cc1cn(-c2ccccc2F)nn1. The molecule has 35 heavy (non-hydrogen) atoms. The number of nitrogens with two attached hydrogens (primary N) is 1. The van der Waals surface area contributed by atoms with E-state index >= 15 is 0 Å². The average molecular weight is 480 g/mol. The highest BCUT2D eigenvalue weighted by Crippen LogP contribution is 2.37. The van der Waals surface area contributed by atoms with Crippen LogP contribution in [0.5, 0.6) is 0 Å². The number of nitriles is 1. The van der Waals surface area contributed by atoms with Gasteiger partial charge in [0.2, 0.25) is 5.82 Å². The van der Waals surface area contributed by atoms with E-state index in [1.807, 2.05) is 6.07 Å². The van der Waals surface area contributed by atoms with Crippen molar-refractivity contribution in [1.82, 2.24) is 39.5 Å². The van der Waals surface area contributed by atoms with Gasteiger partial charge in [0.25, 0.3) is 0 Å². The van der Waals surface area contributed by atoms with E-state index in [1.54, 1.807) is 12.1 Å². The molecule has 4 aromatic heterocycles. The first kappa shape index (κ1) is 21.9. The second kappa shape index (κ2) is 8.13. The Labute approximate surface area is 193 Å². The number of halogens is 4. The van der Waals surface area contributed by atoms with E-state index in [4.69, 9.17) is 5.73 Å². The molecular formula is C21H12F4N10. The number of hydrogen-bond acceptors (Lipinski definition) is 8. The summed E-state index contributed by atoms with van der Waals surface area (Å²) in [5.41, 5.74) is 7.15. The molecule has 0 aliphatic heterocycles. The third-order valence-corrected chi connectivity index (χ3v) is 5.13. The smallest absolute Gasteiger partial charge is 0.383 e. The van der Waals surface area contributed by atoms with E-state index in [-0.39, 0.29) is 45.9 Å². The molecule has 0 saturated carbocycles. The Balaban J connectivity index is 1.64. The van der Waals surface area contributed by atoms with Crippen molar-refractivity contribution in [2.24, 2.45) is 0 Å². The molecule has 174 valence electrons. The summed E-state index contributed by atoms with van der Waals surface area (Å²) in [6.45, 7) is -0.0220. The first-order chi connectivity index (χ1) is 16.8. The van der Waals surface area contributed by atoms with Gasteiger partial charge in [-0.25, -0.2) is 29.0 Å². The molecule has 0 aliphatic carbocycles. The molecule has 14 heteroatoms. The maximum Gasteiger partial charge on any atom is 0.451 e. The quantitative estimate of drug-likeness (QED) is 0.388. The maximum absolute atomic E-state index is 14.1. The fourth-order valence-electron chi connectivity index (χ4n) is 3.64. The molecule has 2 N–H and O–H groups in total. The zero-order chi connectivity index (χ0) is 24.7. The first-order valence-electron chi connectivity index (χ1n) is 9.86. The van der Waals surface area contributed by atoms with Crippen LogP contribution in [0.3, 0.4) is 0 Å². The minimum absolute atomic E-state index is 0.00941. The van der Waals surface area contributed by atoms with Gasteiger partial charge in [-0.3, -0.25) is 0 Å². The molecule has 0 unspecified atom stereocenters. The predicted octanol–water partition coefficient (Wildman–Crippen LogP) is 3.13. The third kappa shape index (κ3) is 3.78. The van der Waals surface area contributed by atoms with Gasteiger partial charge in [0.15, 0.2) is 0 Å². The van der Waals surface area contributed by atoms with Gasteiger partial charge in [-0.15, -0.1) is 5.10 Å². The van der Waals surface area contributed by atoms with Crippen molar-refractivity contribution in [3.05, 3.63) is 72.2 Å². The second-order valence-electron chi connectivity index (χ2n) is 7.28. The number of hydrogen-bond donors (Lipinski definition) is 1. The Morgan fingerprint density at radius 3 is 2.49 bits per heavy atom. The van der Waals surface area contributed by atoms with Crippen LogP contribution in [0.25, 0.3) is 27.8 Å². The van der Waals surface area contributed by atoms with Gasteiger partial charge in [0.05, 0.1) is 18.1 Å². The molecule has 0 spiro atoms. The number of fused-ring (bicyclic) bond motifs is 1. The molecule has 0 atom stereocenters. The van der Waals surface area contributed by atoms with Crippen molar-refractivity contribution in [2.45, 2.75) is 12.7 Å². The molecule has 4 heterocycles. The van der Waals surface area contributed by atoms with E-state index in [0.717, 1.165) is 12.4 Å². The van der Waals surface area contributed by atoms with Crippen molar-refractivity contribution < 1.29 is 17.6 Å². The molecule has 0 fully saturated rings. The Bertz CT molecular complexity index is 1600. The van der Waals surface area contributed by atoms with Crippen molar-refractivity contribution in [1.29, 1.82) is 5.26 Å². The van der Waals surface area contributed by atoms with Crippen molar-refractivity contribution in [2.75, 3.05) is 5.73 Å². The van der Waals surface area contributed by atoms with Crippen LogP contribution in [0.1, 0.15) is 17.2 Å². The first-order valence-corrected chi connectivity index (χ1v) is 9.86. The number of nitrogen functional groups attached to an aromatic ring is 1. The third-order valence-electron chi connectivity index (χ3n) is 5.13. The summed E-state index contributed by atoms with van der Waals surface area (Å²) in [6, 6.07) is 8.03. The summed E-state index contributed by atoms with van der Waals surface area (Å²) in [4.78, 5) is 14.9. The lowest BCUT2D eigenvalue weighted by Gasteiger charge is -2.06. The molecule has 5 aromatic rings. The van der Waals surface area contributed by atoms with E-state index in [2.05, 4.69) is 30.2 Å². The number of anilines is 1. The lowest BCUT2D eigenvalue weighted by atomic mass is 10.1. The van der Waals surface area contributed by atoms with Crippen LogP contribution in [0, 0.1) is 17.1 Å². The van der Waals surface area contributed by atoms with Crippen LogP contribution in [0.2, 0.25) is 0 Å². The van der Waals surface area contributed by atoms with Gasteiger partial charge >= 0.3 is 6.18 Å². The standard InChI is InChI=1S/C21H12F4N10/c22-13-3-1-2-4-14(13)35-9-12(32-33-35)8-34-15(5-26)16(17-18(27)30-10-31-19(17)34)11-6-28-20(29-7-11)21(23,24)25/h1-4,6-7,9-10H,8H2,(H2,27,30,31). The van der Waals surface area contributed by atoms with Crippen molar-refractivity contribution in [3.63, 3.8) is 0 Å². The van der Waals surface area contributed by atoms with Gasteiger partial charge in [-0.1, -0.05) is 17.3 Å². The summed E-state index contributed by atoms with van der Waals surface area (Å²) in [7, 11) is 0. The van der Waals surface area contributed by atoms with Crippen LogP contribution in [-0.4, -0.2) is 39.5 Å². The monoisotopic (exact) mass is 480 g/mol. The van der Waals surface area contributed by atoms with Gasteiger partial charge in [0.1, 0.15) is 46.8 Å². The lowest BCUT2D eigenvalue weighted by molar-refractivity contribution is -0.144. The van der Waals surface area contributed by atoms with Crippen LogP contribution in [0.15, 0.2) is 49.2 Å². The molecule has 0 amide bonds. The van der Waals surface area contributed by atoms with E-state index < -0.39 is 17.8 Å². The zero-order valence-corrected chi connectivity index (χ0v) is 17.4. The highest BCUT2D eigenvalue weighted by molar-refractivity contribution is 6.03. The van der Waals surface area contributed by atoms with Crippen molar-refractivity contribution in [3.8, 4) is 22.9 Å². The van der Waals surface area contributed by atoms with Crippen LogP contribution >= 0.6 is 0 Å². The Morgan fingerprint density at radius 2 is 1.80 bits per heavy atom. The highest BCUT2D eigenvalue weighted by Gasteiger charge is 2.34. The molecule has 0 radical (unpaired) electrons. The topological polar surface area (TPSA) is 137 Å². The Hall–Kier alpha value is -4.93. The number of alkyl halides is 3. The zero-order valence-electron chi connectivity index (χ0n) is 17.4. The van der Waals surface area contributed by atoms with E-state index in [1.165, 1.54) is 33.9 Å². The van der Waals surface area contributed by atoms with Crippen LogP contribution < -0.4 is 5.73 Å². The fraction of sp³-hybridized carbons (Fsp3) is 0.0952. The Morgan fingerprint density at radius 1 is 1.06 bits per heavy atom. The molecule has 0 aliphatic rings. The minimum Gasteiger partial charge on any atom is -0.383 e. The molecular weight excluding hydrogens is 468 g/mol. The number of rotatable bonds is 4. The molecule has 10 nitrogen and oxygen atoms in total. The van der Waals surface area contributed by atoms with E-state index in [9.17, 15) is 22.8 Å². The summed E-state index contributed by atoms with van der Waals surface area (Å²) in [5.74, 6) is -1.81. The summed E-state index contributed by atoms with van der Waals surface area (Å²) in [6.07, 6.45) is -0.139. The number of aromatic nitrogens is 8. The molecule has 0 bridgehead atoms. The minimum atomic E-state index is -4.73. The maximum atomic E-state index is 14.1. The number of para-hydroxylation sites is 1. The lowest BCUT2D eigenvalue weighted by Crippen LogP contribution is -2.10. The molecule has 0 saturated heterocycles.